The molecule has 1 atom stereocenters. The van der Waals surface area contributed by atoms with Gasteiger partial charge in [-0.25, -0.2) is 0 Å². The van der Waals surface area contributed by atoms with Crippen LogP contribution >= 0.6 is 0 Å². The van der Waals surface area contributed by atoms with Crippen molar-refractivity contribution in [2.24, 2.45) is 0 Å². The molecule has 0 spiro atoms. The van der Waals surface area contributed by atoms with Crippen LogP contribution in [0.3, 0.4) is 0 Å². The summed E-state index contributed by atoms with van der Waals surface area (Å²) in [4.78, 5) is 6.24. The summed E-state index contributed by atoms with van der Waals surface area (Å²) < 4.78 is 0. The van der Waals surface area contributed by atoms with Gasteiger partial charge >= 0.3 is 0 Å². The average molecular weight is 296 g/mol. The third kappa shape index (κ3) is 3.36. The standard InChI is InChI=1S/C17H20N4O/c18-17-20-12-15(10-13-3-5-16(22)6-4-13)21(17)9-7-14-2-1-8-19-11-14/h1-6,8,11,15,22H,7,9-10,12H2,(H2,18,20). The van der Waals surface area contributed by atoms with Gasteiger partial charge in [-0.15, -0.1) is 0 Å². The number of hydrogen-bond donors (Lipinski definition) is 3. The third-order valence-corrected chi connectivity index (χ3v) is 4.00. The fraction of sp³-hybridized carbons (Fsp3) is 0.294. The maximum atomic E-state index is 9.36. The van der Waals surface area contributed by atoms with Crippen LogP contribution in [0.1, 0.15) is 11.1 Å². The molecule has 0 saturated carbocycles. The van der Waals surface area contributed by atoms with Gasteiger partial charge in [0.2, 0.25) is 0 Å². The van der Waals surface area contributed by atoms with E-state index < -0.39 is 0 Å². The van der Waals surface area contributed by atoms with E-state index in [9.17, 15) is 5.11 Å². The first-order chi connectivity index (χ1) is 10.7. The van der Waals surface area contributed by atoms with Gasteiger partial charge in [-0.05, 0) is 42.2 Å². The van der Waals surface area contributed by atoms with Crippen molar-refractivity contribution in [1.82, 2.24) is 15.2 Å². The highest BCUT2D eigenvalue weighted by atomic mass is 16.3. The van der Waals surface area contributed by atoms with Gasteiger partial charge in [0.15, 0.2) is 5.96 Å². The number of benzene rings is 1. The second-order valence-electron chi connectivity index (χ2n) is 5.56. The predicted octanol–water partition coefficient (Wildman–Crippen LogP) is 1.78. The topological polar surface area (TPSA) is 72.2 Å². The van der Waals surface area contributed by atoms with Crippen LogP contribution < -0.4 is 5.32 Å². The summed E-state index contributed by atoms with van der Waals surface area (Å²) in [5.74, 6) is 0.780. The van der Waals surface area contributed by atoms with E-state index in [1.165, 1.54) is 11.1 Å². The van der Waals surface area contributed by atoms with Gasteiger partial charge in [-0.1, -0.05) is 18.2 Å². The number of phenols is 1. The molecular formula is C17H20N4O. The summed E-state index contributed by atoms with van der Waals surface area (Å²) in [5.41, 5.74) is 2.36. The molecular weight excluding hydrogens is 276 g/mol. The Kier molecular flexibility index (Phi) is 4.23. The molecule has 1 saturated heterocycles. The van der Waals surface area contributed by atoms with E-state index in [-0.39, 0.29) is 11.8 Å². The Balaban J connectivity index is 1.63. The van der Waals surface area contributed by atoms with Crippen molar-refractivity contribution in [3.05, 3.63) is 59.9 Å². The maximum Gasteiger partial charge on any atom is 0.191 e. The van der Waals surface area contributed by atoms with E-state index in [0.29, 0.717) is 5.96 Å². The van der Waals surface area contributed by atoms with Gasteiger partial charge in [0.05, 0.1) is 6.04 Å². The van der Waals surface area contributed by atoms with Crippen molar-refractivity contribution in [2.75, 3.05) is 13.1 Å². The molecule has 22 heavy (non-hydrogen) atoms. The molecule has 5 heteroatoms. The summed E-state index contributed by atoms with van der Waals surface area (Å²) in [7, 11) is 0. The van der Waals surface area contributed by atoms with Crippen molar-refractivity contribution < 1.29 is 5.11 Å². The Labute approximate surface area is 130 Å². The van der Waals surface area contributed by atoms with Crippen LogP contribution in [0, 0.1) is 5.41 Å². The van der Waals surface area contributed by atoms with Gasteiger partial charge in [0.25, 0.3) is 0 Å². The maximum absolute atomic E-state index is 9.36. The zero-order valence-corrected chi connectivity index (χ0v) is 12.4. The third-order valence-electron chi connectivity index (χ3n) is 4.00. The lowest BCUT2D eigenvalue weighted by Crippen LogP contribution is -2.37. The smallest absolute Gasteiger partial charge is 0.191 e. The number of aromatic nitrogens is 1. The molecule has 3 rings (SSSR count). The first-order valence-electron chi connectivity index (χ1n) is 7.48. The number of aromatic hydroxyl groups is 1. The molecule has 1 aliphatic heterocycles. The van der Waals surface area contributed by atoms with Crippen molar-refractivity contribution in [3.63, 3.8) is 0 Å². The quantitative estimate of drug-likeness (QED) is 0.786. The SMILES string of the molecule is N=C1NCC(Cc2ccc(O)cc2)N1CCc1cccnc1. The lowest BCUT2D eigenvalue weighted by Gasteiger charge is -2.24. The second kappa shape index (κ2) is 6.47. The summed E-state index contributed by atoms with van der Waals surface area (Å²) in [6.07, 6.45) is 5.39. The number of nitrogens with one attached hydrogen (secondary N) is 2. The lowest BCUT2D eigenvalue weighted by atomic mass is 10.0. The van der Waals surface area contributed by atoms with E-state index in [4.69, 9.17) is 5.41 Å². The summed E-state index contributed by atoms with van der Waals surface area (Å²) in [6.45, 7) is 1.59. The van der Waals surface area contributed by atoms with E-state index in [0.717, 1.165) is 25.9 Å². The number of rotatable bonds is 5. The molecule has 1 aromatic carbocycles. The molecule has 2 aromatic rings. The number of pyridine rings is 1. The number of phenolic OH excluding ortho intramolecular Hbond substituents is 1. The van der Waals surface area contributed by atoms with Crippen molar-refractivity contribution in [2.45, 2.75) is 18.9 Å². The molecule has 3 N–H and O–H groups in total. The highest BCUT2D eigenvalue weighted by Crippen LogP contribution is 2.16. The number of guanidine groups is 1. The Morgan fingerprint density at radius 2 is 2.05 bits per heavy atom. The molecule has 1 aromatic heterocycles. The highest BCUT2D eigenvalue weighted by molar-refractivity contribution is 5.79. The van der Waals surface area contributed by atoms with Crippen molar-refractivity contribution in [3.8, 4) is 5.75 Å². The molecule has 1 unspecified atom stereocenters. The number of nitrogens with zero attached hydrogens (tertiary/aromatic N) is 2. The van der Waals surface area contributed by atoms with Crippen LogP contribution in [0.4, 0.5) is 0 Å². The van der Waals surface area contributed by atoms with Gasteiger partial charge in [-0.3, -0.25) is 10.4 Å². The Bertz CT molecular complexity index is 627. The summed E-state index contributed by atoms with van der Waals surface area (Å²) in [5, 5.41) is 20.6. The number of hydrogen-bond acceptors (Lipinski definition) is 3. The molecule has 0 amide bonds. The molecule has 0 bridgehead atoms. The molecule has 1 aliphatic rings. The first-order valence-corrected chi connectivity index (χ1v) is 7.48. The normalized spacial score (nSPS) is 17.5. The van der Waals surface area contributed by atoms with Crippen LogP contribution in [-0.4, -0.2) is 40.1 Å². The van der Waals surface area contributed by atoms with Crippen molar-refractivity contribution in [1.29, 1.82) is 5.41 Å². The van der Waals surface area contributed by atoms with Gasteiger partial charge < -0.3 is 15.3 Å². The minimum Gasteiger partial charge on any atom is -0.508 e. The monoisotopic (exact) mass is 296 g/mol. The fourth-order valence-electron chi connectivity index (χ4n) is 2.79. The average Bonchev–Trinajstić information content (AvgIpc) is 2.89. The van der Waals surface area contributed by atoms with E-state index in [2.05, 4.69) is 21.3 Å². The molecule has 114 valence electrons. The Morgan fingerprint density at radius 1 is 1.23 bits per heavy atom. The van der Waals surface area contributed by atoms with Crippen LogP contribution in [-0.2, 0) is 12.8 Å². The highest BCUT2D eigenvalue weighted by Gasteiger charge is 2.27. The van der Waals surface area contributed by atoms with Crippen LogP contribution in [0.15, 0.2) is 48.8 Å². The van der Waals surface area contributed by atoms with E-state index in [1.807, 2.05) is 24.4 Å². The van der Waals surface area contributed by atoms with Gasteiger partial charge in [-0.2, -0.15) is 0 Å². The summed E-state index contributed by atoms with van der Waals surface area (Å²) >= 11 is 0. The zero-order chi connectivity index (χ0) is 15.4. The van der Waals surface area contributed by atoms with Gasteiger partial charge in [0, 0.05) is 25.5 Å². The lowest BCUT2D eigenvalue weighted by molar-refractivity contribution is 0.348. The van der Waals surface area contributed by atoms with Crippen LogP contribution in [0.2, 0.25) is 0 Å². The molecule has 0 aliphatic carbocycles. The Morgan fingerprint density at radius 3 is 2.77 bits per heavy atom. The van der Waals surface area contributed by atoms with Crippen molar-refractivity contribution >= 4 is 5.96 Å². The minimum atomic E-state index is 0.272. The predicted molar refractivity (Wildman–Crippen MR) is 86.0 cm³/mol. The Hall–Kier alpha value is -2.56. The van der Waals surface area contributed by atoms with Gasteiger partial charge in [0.1, 0.15) is 5.75 Å². The molecule has 0 radical (unpaired) electrons. The molecule has 2 heterocycles. The first kappa shape index (κ1) is 14.4. The molecule has 1 fully saturated rings. The fourth-order valence-corrected chi connectivity index (χ4v) is 2.79. The van der Waals surface area contributed by atoms with Crippen LogP contribution in [0.5, 0.6) is 5.75 Å². The van der Waals surface area contributed by atoms with E-state index in [1.54, 1.807) is 18.3 Å². The largest absolute Gasteiger partial charge is 0.508 e. The molecule has 5 nitrogen and oxygen atoms in total. The zero-order valence-electron chi connectivity index (χ0n) is 12.4. The van der Waals surface area contributed by atoms with E-state index >= 15 is 0 Å². The minimum absolute atomic E-state index is 0.272. The second-order valence-corrected chi connectivity index (χ2v) is 5.56. The summed E-state index contributed by atoms with van der Waals surface area (Å²) in [6, 6.07) is 11.6. The van der Waals surface area contributed by atoms with Crippen LogP contribution in [0.25, 0.3) is 0 Å².